The largest absolute Gasteiger partial charge is 0.349 e. The molecule has 0 heterocycles. The highest BCUT2D eigenvalue weighted by Crippen LogP contribution is 2.33. The predicted octanol–water partition coefficient (Wildman–Crippen LogP) is 2.31. The van der Waals surface area contributed by atoms with Crippen molar-refractivity contribution in [2.45, 2.75) is 45.6 Å². The van der Waals surface area contributed by atoms with Crippen LogP contribution in [0.4, 0.5) is 0 Å². The molecule has 0 saturated heterocycles. The molecule has 0 aliphatic heterocycles. The van der Waals surface area contributed by atoms with E-state index in [1.807, 2.05) is 20.8 Å². The van der Waals surface area contributed by atoms with Gasteiger partial charge in [-0.2, -0.15) is 0 Å². The Bertz CT molecular complexity index is 198. The van der Waals surface area contributed by atoms with Crippen molar-refractivity contribution in [3.63, 3.8) is 0 Å². The van der Waals surface area contributed by atoms with Crippen LogP contribution in [0.15, 0.2) is 0 Å². The van der Waals surface area contributed by atoms with Crippen molar-refractivity contribution in [1.82, 2.24) is 5.32 Å². The molecule has 0 bridgehead atoms. The van der Waals surface area contributed by atoms with Crippen LogP contribution in [0.25, 0.3) is 0 Å². The molecular weight excluding hydrogens is 186 g/mol. The lowest BCUT2D eigenvalue weighted by Crippen LogP contribution is -2.57. The zero-order valence-corrected chi connectivity index (χ0v) is 9.37. The van der Waals surface area contributed by atoms with Crippen LogP contribution in [0, 0.1) is 5.41 Å². The Morgan fingerprint density at radius 1 is 1.46 bits per heavy atom. The van der Waals surface area contributed by atoms with Crippen molar-refractivity contribution in [3.8, 4) is 0 Å². The zero-order valence-electron chi connectivity index (χ0n) is 8.61. The normalized spacial score (nSPS) is 20.6. The first-order chi connectivity index (χ1) is 5.90. The monoisotopic (exact) mass is 203 g/mol. The molecule has 0 aromatic heterocycles. The van der Waals surface area contributed by atoms with Crippen molar-refractivity contribution in [2.75, 3.05) is 5.88 Å². The van der Waals surface area contributed by atoms with Crippen molar-refractivity contribution >= 4 is 17.5 Å². The maximum Gasteiger partial charge on any atom is 0.225 e. The van der Waals surface area contributed by atoms with Crippen molar-refractivity contribution in [3.05, 3.63) is 0 Å². The maximum atomic E-state index is 11.7. The van der Waals surface area contributed by atoms with Gasteiger partial charge in [0, 0.05) is 11.3 Å². The third-order valence-corrected chi connectivity index (χ3v) is 3.14. The Morgan fingerprint density at radius 2 is 2.00 bits per heavy atom. The van der Waals surface area contributed by atoms with Crippen molar-refractivity contribution in [2.24, 2.45) is 5.41 Å². The van der Waals surface area contributed by atoms with E-state index in [0.29, 0.717) is 5.88 Å². The van der Waals surface area contributed by atoms with Gasteiger partial charge in [0.1, 0.15) is 0 Å². The van der Waals surface area contributed by atoms with Crippen LogP contribution in [0.3, 0.4) is 0 Å². The Hall–Kier alpha value is -0.240. The summed E-state index contributed by atoms with van der Waals surface area (Å²) in [4.78, 5) is 11.7. The fraction of sp³-hybridized carbons (Fsp3) is 0.900. The summed E-state index contributed by atoms with van der Waals surface area (Å²) < 4.78 is 0. The predicted molar refractivity (Wildman–Crippen MR) is 54.9 cm³/mol. The third kappa shape index (κ3) is 2.37. The number of alkyl halides is 1. The van der Waals surface area contributed by atoms with E-state index in [1.165, 1.54) is 6.42 Å². The molecule has 1 amide bonds. The second-order valence-corrected chi connectivity index (χ2v) is 5.24. The van der Waals surface area contributed by atoms with E-state index in [2.05, 4.69) is 5.32 Å². The molecule has 1 rings (SSSR count). The van der Waals surface area contributed by atoms with Crippen molar-refractivity contribution < 1.29 is 4.79 Å². The Labute approximate surface area is 85.0 Å². The lowest BCUT2D eigenvalue weighted by Gasteiger charge is -2.42. The molecule has 2 nitrogen and oxygen atoms in total. The molecular formula is C10H18ClNO. The first-order valence-corrected chi connectivity index (χ1v) is 5.32. The van der Waals surface area contributed by atoms with E-state index in [1.54, 1.807) is 0 Å². The molecule has 1 N–H and O–H groups in total. The summed E-state index contributed by atoms with van der Waals surface area (Å²) in [6.07, 6.45) is 3.23. The van der Waals surface area contributed by atoms with Gasteiger partial charge in [-0.05, 0) is 19.3 Å². The van der Waals surface area contributed by atoms with E-state index < -0.39 is 0 Å². The van der Waals surface area contributed by atoms with E-state index in [9.17, 15) is 4.79 Å². The molecule has 1 aliphatic rings. The second-order valence-electron chi connectivity index (χ2n) is 4.97. The Balaban J connectivity index is 2.52. The highest BCUT2D eigenvalue weighted by Gasteiger charge is 2.39. The second kappa shape index (κ2) is 3.49. The zero-order chi connectivity index (χ0) is 10.1. The number of rotatable bonds is 2. The van der Waals surface area contributed by atoms with Crippen LogP contribution in [-0.2, 0) is 4.79 Å². The number of carbonyl (C=O) groups excluding carboxylic acids is 1. The highest BCUT2D eigenvalue weighted by atomic mass is 35.5. The molecule has 0 aromatic rings. The molecule has 1 saturated carbocycles. The molecule has 76 valence electrons. The van der Waals surface area contributed by atoms with Gasteiger partial charge in [0.15, 0.2) is 0 Å². The maximum absolute atomic E-state index is 11.7. The van der Waals surface area contributed by atoms with Crippen LogP contribution in [0.1, 0.15) is 40.0 Å². The van der Waals surface area contributed by atoms with Gasteiger partial charge in [0.2, 0.25) is 5.91 Å². The first-order valence-electron chi connectivity index (χ1n) is 4.78. The number of nitrogens with one attached hydrogen (secondary N) is 1. The summed E-state index contributed by atoms with van der Waals surface area (Å²) in [7, 11) is 0. The molecule has 1 fully saturated rings. The van der Waals surface area contributed by atoms with Crippen LogP contribution in [0.2, 0.25) is 0 Å². The summed E-state index contributed by atoms with van der Waals surface area (Å²) in [5.41, 5.74) is -0.402. The van der Waals surface area contributed by atoms with E-state index in [0.717, 1.165) is 12.8 Å². The average molecular weight is 204 g/mol. The number of carbonyl (C=O) groups is 1. The van der Waals surface area contributed by atoms with Gasteiger partial charge >= 0.3 is 0 Å². The molecule has 0 radical (unpaired) electrons. The lowest BCUT2D eigenvalue weighted by atomic mass is 9.77. The van der Waals surface area contributed by atoms with E-state index in [4.69, 9.17) is 11.6 Å². The number of hydrogen-bond acceptors (Lipinski definition) is 1. The van der Waals surface area contributed by atoms with Crippen LogP contribution >= 0.6 is 11.6 Å². The van der Waals surface area contributed by atoms with Gasteiger partial charge in [-0.25, -0.2) is 0 Å². The molecule has 0 spiro atoms. The fourth-order valence-electron chi connectivity index (χ4n) is 1.32. The van der Waals surface area contributed by atoms with Crippen LogP contribution < -0.4 is 5.32 Å². The van der Waals surface area contributed by atoms with Gasteiger partial charge in [0.05, 0.1) is 5.54 Å². The molecule has 0 atom stereocenters. The number of halogens is 1. The average Bonchev–Trinajstić information content (AvgIpc) is 1.94. The SMILES string of the molecule is CC(C)(C)C(=O)NC1(CCl)CCC1. The quantitative estimate of drug-likeness (QED) is 0.686. The van der Waals surface area contributed by atoms with Gasteiger partial charge in [-0.15, -0.1) is 11.6 Å². The van der Waals surface area contributed by atoms with Gasteiger partial charge in [-0.1, -0.05) is 20.8 Å². The standard InChI is InChI=1S/C10H18ClNO/c1-9(2,3)8(13)12-10(7-11)5-4-6-10/h4-7H2,1-3H3,(H,12,13). The van der Waals surface area contributed by atoms with Gasteiger partial charge < -0.3 is 5.32 Å². The van der Waals surface area contributed by atoms with Crippen LogP contribution in [-0.4, -0.2) is 17.3 Å². The third-order valence-electron chi connectivity index (χ3n) is 2.63. The van der Waals surface area contributed by atoms with E-state index in [-0.39, 0.29) is 16.9 Å². The minimum atomic E-state index is -0.311. The smallest absolute Gasteiger partial charge is 0.225 e. The summed E-state index contributed by atoms with van der Waals surface area (Å²) in [5, 5.41) is 3.05. The summed E-state index contributed by atoms with van der Waals surface area (Å²) in [6, 6.07) is 0. The minimum Gasteiger partial charge on any atom is -0.349 e. The van der Waals surface area contributed by atoms with Gasteiger partial charge in [-0.3, -0.25) is 4.79 Å². The molecule has 3 heteroatoms. The van der Waals surface area contributed by atoms with Crippen LogP contribution in [0.5, 0.6) is 0 Å². The summed E-state index contributed by atoms with van der Waals surface area (Å²) in [5.74, 6) is 0.641. The molecule has 13 heavy (non-hydrogen) atoms. The Morgan fingerprint density at radius 3 is 2.23 bits per heavy atom. The summed E-state index contributed by atoms with van der Waals surface area (Å²) in [6.45, 7) is 5.76. The molecule has 0 unspecified atom stereocenters. The summed E-state index contributed by atoms with van der Waals surface area (Å²) >= 11 is 5.84. The molecule has 1 aliphatic carbocycles. The first kappa shape index (κ1) is 10.8. The molecule has 0 aromatic carbocycles. The number of amides is 1. The topological polar surface area (TPSA) is 29.1 Å². The minimum absolute atomic E-state index is 0.0914. The lowest BCUT2D eigenvalue weighted by molar-refractivity contribution is -0.131. The number of hydrogen-bond donors (Lipinski definition) is 1. The van der Waals surface area contributed by atoms with E-state index >= 15 is 0 Å². The Kier molecular flexibility index (Phi) is 2.91. The fourth-order valence-corrected chi connectivity index (χ4v) is 1.66. The highest BCUT2D eigenvalue weighted by molar-refractivity contribution is 6.18. The van der Waals surface area contributed by atoms with Crippen molar-refractivity contribution in [1.29, 1.82) is 0 Å². The van der Waals surface area contributed by atoms with Gasteiger partial charge in [0.25, 0.3) is 0 Å².